The standard InChI is InChI=1S/C13H20N4O/c1-2-18-11-4-7-17(8-5-11)12-9-10(13(14)15)3-6-16-12/h3,6,9,11H,2,4-5,7-8H2,1H3,(H3,14,15). The molecule has 0 spiro atoms. The van der Waals surface area contributed by atoms with Gasteiger partial charge in [0.05, 0.1) is 6.10 Å². The van der Waals surface area contributed by atoms with Gasteiger partial charge in [-0.15, -0.1) is 0 Å². The van der Waals surface area contributed by atoms with E-state index in [1.165, 1.54) is 0 Å². The summed E-state index contributed by atoms with van der Waals surface area (Å²) in [5.41, 5.74) is 6.22. The topological polar surface area (TPSA) is 75.2 Å². The van der Waals surface area contributed by atoms with Crippen LogP contribution < -0.4 is 10.6 Å². The molecule has 0 saturated carbocycles. The quantitative estimate of drug-likeness (QED) is 0.623. The van der Waals surface area contributed by atoms with Crippen molar-refractivity contribution in [3.05, 3.63) is 23.9 Å². The third kappa shape index (κ3) is 2.98. The van der Waals surface area contributed by atoms with Crippen molar-refractivity contribution < 1.29 is 4.74 Å². The van der Waals surface area contributed by atoms with E-state index in [2.05, 4.69) is 9.88 Å². The number of pyridine rings is 1. The molecule has 2 rings (SSSR count). The van der Waals surface area contributed by atoms with Crippen molar-refractivity contribution in [1.29, 1.82) is 5.41 Å². The van der Waals surface area contributed by atoms with Gasteiger partial charge in [0.15, 0.2) is 0 Å². The number of piperidine rings is 1. The summed E-state index contributed by atoms with van der Waals surface area (Å²) < 4.78 is 5.63. The molecule has 0 radical (unpaired) electrons. The van der Waals surface area contributed by atoms with Gasteiger partial charge in [-0.05, 0) is 31.9 Å². The molecule has 2 heterocycles. The highest BCUT2D eigenvalue weighted by molar-refractivity contribution is 5.95. The average Bonchev–Trinajstić information content (AvgIpc) is 2.40. The predicted octanol–water partition coefficient (Wildman–Crippen LogP) is 1.37. The SMILES string of the molecule is CCOC1CCN(c2cc(C(=N)N)ccn2)CC1. The Morgan fingerprint density at radius 2 is 2.28 bits per heavy atom. The molecular weight excluding hydrogens is 228 g/mol. The minimum absolute atomic E-state index is 0.0860. The van der Waals surface area contributed by atoms with E-state index in [0.29, 0.717) is 6.10 Å². The third-order valence-corrected chi connectivity index (χ3v) is 3.22. The Morgan fingerprint density at radius 1 is 1.56 bits per heavy atom. The number of amidine groups is 1. The van der Waals surface area contributed by atoms with E-state index < -0.39 is 0 Å². The molecule has 1 saturated heterocycles. The minimum atomic E-state index is 0.0860. The van der Waals surface area contributed by atoms with Crippen molar-refractivity contribution in [2.75, 3.05) is 24.6 Å². The highest BCUT2D eigenvalue weighted by Crippen LogP contribution is 2.20. The first-order valence-electron chi connectivity index (χ1n) is 6.37. The van der Waals surface area contributed by atoms with Crippen LogP contribution in [0.15, 0.2) is 18.3 Å². The van der Waals surface area contributed by atoms with Crippen molar-refractivity contribution in [3.63, 3.8) is 0 Å². The fraction of sp³-hybridized carbons (Fsp3) is 0.538. The number of rotatable bonds is 4. The molecule has 0 bridgehead atoms. The number of nitrogens with two attached hydrogens (primary N) is 1. The number of nitrogens with one attached hydrogen (secondary N) is 1. The van der Waals surface area contributed by atoms with Gasteiger partial charge in [-0.3, -0.25) is 5.41 Å². The average molecular weight is 248 g/mol. The van der Waals surface area contributed by atoms with Gasteiger partial charge in [-0.2, -0.15) is 0 Å². The van der Waals surface area contributed by atoms with E-state index in [9.17, 15) is 0 Å². The van der Waals surface area contributed by atoms with E-state index in [-0.39, 0.29) is 5.84 Å². The number of hydrogen-bond acceptors (Lipinski definition) is 4. The normalized spacial score (nSPS) is 16.8. The Balaban J connectivity index is 2.01. The maximum Gasteiger partial charge on any atom is 0.129 e. The van der Waals surface area contributed by atoms with E-state index in [0.717, 1.165) is 43.9 Å². The van der Waals surface area contributed by atoms with E-state index in [4.69, 9.17) is 15.9 Å². The third-order valence-electron chi connectivity index (χ3n) is 3.22. The number of aromatic nitrogens is 1. The zero-order valence-electron chi connectivity index (χ0n) is 10.7. The van der Waals surface area contributed by atoms with Crippen LogP contribution in [-0.4, -0.2) is 36.6 Å². The van der Waals surface area contributed by atoms with Gasteiger partial charge >= 0.3 is 0 Å². The lowest BCUT2D eigenvalue weighted by atomic mass is 10.1. The van der Waals surface area contributed by atoms with Crippen molar-refractivity contribution in [3.8, 4) is 0 Å². The summed E-state index contributed by atoms with van der Waals surface area (Å²) in [6, 6.07) is 3.64. The van der Waals surface area contributed by atoms with Crippen LogP contribution in [0, 0.1) is 5.41 Å². The highest BCUT2D eigenvalue weighted by Gasteiger charge is 2.20. The highest BCUT2D eigenvalue weighted by atomic mass is 16.5. The molecule has 18 heavy (non-hydrogen) atoms. The van der Waals surface area contributed by atoms with Crippen LogP contribution in [0.3, 0.4) is 0 Å². The van der Waals surface area contributed by atoms with Crippen LogP contribution >= 0.6 is 0 Å². The fourth-order valence-corrected chi connectivity index (χ4v) is 2.25. The van der Waals surface area contributed by atoms with Gasteiger partial charge in [0.1, 0.15) is 11.7 Å². The van der Waals surface area contributed by atoms with E-state index >= 15 is 0 Å². The molecule has 1 aliphatic rings. The zero-order chi connectivity index (χ0) is 13.0. The van der Waals surface area contributed by atoms with Crippen LogP contribution in [0.1, 0.15) is 25.3 Å². The summed E-state index contributed by atoms with van der Waals surface area (Å²) in [4.78, 5) is 6.57. The molecule has 98 valence electrons. The lowest BCUT2D eigenvalue weighted by Gasteiger charge is -2.32. The Bertz CT molecular complexity index is 413. The predicted molar refractivity (Wildman–Crippen MR) is 72.1 cm³/mol. The summed E-state index contributed by atoms with van der Waals surface area (Å²) in [5.74, 6) is 0.987. The Kier molecular flexibility index (Phi) is 4.15. The van der Waals surface area contributed by atoms with Gasteiger partial charge in [0.25, 0.3) is 0 Å². The largest absolute Gasteiger partial charge is 0.384 e. The molecule has 1 aromatic heterocycles. The number of nitrogen functional groups attached to an aromatic ring is 1. The molecule has 0 aromatic carbocycles. The van der Waals surface area contributed by atoms with Crippen LogP contribution in [0.5, 0.6) is 0 Å². The first-order chi connectivity index (χ1) is 8.70. The molecule has 1 aromatic rings. The molecule has 0 amide bonds. The lowest BCUT2D eigenvalue weighted by Crippen LogP contribution is -2.37. The van der Waals surface area contributed by atoms with Gasteiger partial charge in [-0.1, -0.05) is 0 Å². The van der Waals surface area contributed by atoms with Crippen LogP contribution in [0.25, 0.3) is 0 Å². The van der Waals surface area contributed by atoms with Gasteiger partial charge in [0.2, 0.25) is 0 Å². The Morgan fingerprint density at radius 3 is 2.89 bits per heavy atom. The number of hydrogen-bond donors (Lipinski definition) is 2. The lowest BCUT2D eigenvalue weighted by molar-refractivity contribution is 0.0458. The summed E-state index contributed by atoms with van der Waals surface area (Å²) in [7, 11) is 0. The maximum absolute atomic E-state index is 7.44. The van der Waals surface area contributed by atoms with E-state index in [1.54, 1.807) is 12.3 Å². The summed E-state index contributed by atoms with van der Waals surface area (Å²) in [6.07, 6.45) is 4.14. The molecule has 5 heteroatoms. The number of nitrogens with zero attached hydrogens (tertiary/aromatic N) is 2. The zero-order valence-corrected chi connectivity index (χ0v) is 10.7. The van der Waals surface area contributed by atoms with Gasteiger partial charge in [-0.25, -0.2) is 4.98 Å². The molecule has 0 aliphatic carbocycles. The second-order valence-electron chi connectivity index (χ2n) is 4.46. The molecule has 0 unspecified atom stereocenters. The molecule has 1 aliphatic heterocycles. The number of ether oxygens (including phenoxy) is 1. The van der Waals surface area contributed by atoms with E-state index in [1.807, 2.05) is 13.0 Å². The van der Waals surface area contributed by atoms with Crippen LogP contribution in [0.2, 0.25) is 0 Å². The smallest absolute Gasteiger partial charge is 0.129 e. The summed E-state index contributed by atoms with van der Waals surface area (Å²) >= 11 is 0. The minimum Gasteiger partial charge on any atom is -0.384 e. The van der Waals surface area contributed by atoms with Crippen molar-refractivity contribution in [2.24, 2.45) is 5.73 Å². The fourth-order valence-electron chi connectivity index (χ4n) is 2.25. The van der Waals surface area contributed by atoms with Crippen LogP contribution in [0.4, 0.5) is 5.82 Å². The summed E-state index contributed by atoms with van der Waals surface area (Å²) in [6.45, 7) is 4.70. The second-order valence-corrected chi connectivity index (χ2v) is 4.46. The Labute approximate surface area is 107 Å². The monoisotopic (exact) mass is 248 g/mol. The molecular formula is C13H20N4O. The Hall–Kier alpha value is -1.62. The molecule has 1 fully saturated rings. The van der Waals surface area contributed by atoms with Gasteiger partial charge < -0.3 is 15.4 Å². The van der Waals surface area contributed by atoms with Crippen molar-refractivity contribution in [2.45, 2.75) is 25.9 Å². The second kappa shape index (κ2) is 5.82. The van der Waals surface area contributed by atoms with Gasteiger partial charge in [0, 0.05) is 31.5 Å². The first kappa shape index (κ1) is 12.8. The number of anilines is 1. The maximum atomic E-state index is 7.44. The van der Waals surface area contributed by atoms with Crippen molar-refractivity contribution >= 4 is 11.7 Å². The summed E-state index contributed by atoms with van der Waals surface area (Å²) in [5, 5.41) is 7.44. The molecule has 5 nitrogen and oxygen atoms in total. The molecule has 0 atom stereocenters. The van der Waals surface area contributed by atoms with Crippen molar-refractivity contribution in [1.82, 2.24) is 4.98 Å². The molecule has 3 N–H and O–H groups in total. The first-order valence-corrected chi connectivity index (χ1v) is 6.37. The van der Waals surface area contributed by atoms with Crippen LogP contribution in [-0.2, 0) is 4.74 Å².